The van der Waals surface area contributed by atoms with Crippen LogP contribution in [0.1, 0.15) is 5.56 Å². The van der Waals surface area contributed by atoms with Crippen LogP contribution in [0.15, 0.2) is 26.9 Å². The van der Waals surface area contributed by atoms with Crippen LogP contribution >= 0.6 is 58.1 Å². The molecular weight excluding hydrogens is 357 g/mol. The number of primary amides is 1. The fraction of sp³-hybridized carbons (Fsp3) is 0.182. The molecule has 4 nitrogen and oxygen atoms in total. The second kappa shape index (κ2) is 7.51. The largest absolute Gasteiger partial charge is 0.369 e. The van der Waals surface area contributed by atoms with Gasteiger partial charge in [0.25, 0.3) is 0 Å². The van der Waals surface area contributed by atoms with Crippen molar-refractivity contribution >= 4 is 64.0 Å². The molecule has 2 N–H and O–H groups in total. The Morgan fingerprint density at radius 1 is 1.25 bits per heavy atom. The topological polar surface area (TPSA) is 68.9 Å². The molecular formula is C11H9Cl2N3OS3. The van der Waals surface area contributed by atoms with Gasteiger partial charge in [-0.1, -0.05) is 64.1 Å². The van der Waals surface area contributed by atoms with Crippen LogP contribution in [0.5, 0.6) is 0 Å². The van der Waals surface area contributed by atoms with Crippen molar-refractivity contribution in [3.8, 4) is 0 Å². The summed E-state index contributed by atoms with van der Waals surface area (Å²) in [5.74, 6) is 0.528. The van der Waals surface area contributed by atoms with Crippen molar-refractivity contribution in [3.63, 3.8) is 0 Å². The average molecular weight is 366 g/mol. The quantitative estimate of drug-likeness (QED) is 0.790. The van der Waals surface area contributed by atoms with E-state index in [4.69, 9.17) is 28.9 Å². The molecule has 0 atom stereocenters. The number of carbonyl (C=O) groups excluding carboxylic acids is 1. The summed E-state index contributed by atoms with van der Waals surface area (Å²) < 4.78 is 1.55. The van der Waals surface area contributed by atoms with Crippen LogP contribution < -0.4 is 5.73 Å². The highest BCUT2D eigenvalue weighted by Crippen LogP contribution is 2.32. The average Bonchev–Trinajstić information content (AvgIpc) is 2.83. The summed E-state index contributed by atoms with van der Waals surface area (Å²) in [6, 6.07) is 5.41. The summed E-state index contributed by atoms with van der Waals surface area (Å²) >= 11 is 16.2. The molecule has 2 aromatic rings. The molecule has 0 saturated heterocycles. The van der Waals surface area contributed by atoms with Gasteiger partial charge < -0.3 is 5.73 Å². The molecule has 9 heteroatoms. The monoisotopic (exact) mass is 365 g/mol. The van der Waals surface area contributed by atoms with Crippen LogP contribution in [0.3, 0.4) is 0 Å². The lowest BCUT2D eigenvalue weighted by Crippen LogP contribution is -2.12. The second-order valence-corrected chi connectivity index (χ2v) is 7.88. The summed E-state index contributed by atoms with van der Waals surface area (Å²) in [6.07, 6.45) is 0. The molecule has 2 rings (SSSR count). The van der Waals surface area contributed by atoms with Crippen molar-refractivity contribution < 1.29 is 4.79 Å². The molecule has 0 saturated carbocycles. The normalized spacial score (nSPS) is 10.7. The number of carbonyl (C=O) groups is 1. The van der Waals surface area contributed by atoms with E-state index in [2.05, 4.69) is 10.2 Å². The Morgan fingerprint density at radius 2 is 1.95 bits per heavy atom. The minimum atomic E-state index is -0.368. The molecule has 1 aromatic heterocycles. The van der Waals surface area contributed by atoms with E-state index in [1.54, 1.807) is 12.1 Å². The Balaban J connectivity index is 1.92. The van der Waals surface area contributed by atoms with E-state index >= 15 is 0 Å². The van der Waals surface area contributed by atoms with Crippen molar-refractivity contribution in [3.05, 3.63) is 33.8 Å². The highest BCUT2D eigenvalue weighted by atomic mass is 35.5. The third-order valence-corrected chi connectivity index (χ3v) is 5.94. The van der Waals surface area contributed by atoms with Crippen molar-refractivity contribution in [2.75, 3.05) is 5.75 Å². The lowest BCUT2D eigenvalue weighted by Gasteiger charge is -2.02. The number of halogens is 2. The van der Waals surface area contributed by atoms with Crippen LogP contribution in [-0.2, 0) is 10.5 Å². The van der Waals surface area contributed by atoms with E-state index in [0.717, 1.165) is 14.2 Å². The van der Waals surface area contributed by atoms with Gasteiger partial charge in [-0.15, -0.1) is 10.2 Å². The van der Waals surface area contributed by atoms with Gasteiger partial charge in [0.2, 0.25) is 5.91 Å². The Labute approximate surface area is 138 Å². The van der Waals surface area contributed by atoms with Crippen LogP contribution in [0, 0.1) is 0 Å². The van der Waals surface area contributed by atoms with Gasteiger partial charge >= 0.3 is 0 Å². The lowest BCUT2D eigenvalue weighted by atomic mass is 10.2. The van der Waals surface area contributed by atoms with Crippen molar-refractivity contribution in [1.29, 1.82) is 0 Å². The van der Waals surface area contributed by atoms with Crippen molar-refractivity contribution in [2.45, 2.75) is 14.4 Å². The van der Waals surface area contributed by atoms with Gasteiger partial charge in [-0.3, -0.25) is 4.79 Å². The summed E-state index contributed by atoms with van der Waals surface area (Å²) in [4.78, 5) is 10.7. The summed E-state index contributed by atoms with van der Waals surface area (Å²) in [5, 5.41) is 9.28. The van der Waals surface area contributed by atoms with Gasteiger partial charge in [0.1, 0.15) is 0 Å². The maximum atomic E-state index is 10.7. The predicted molar refractivity (Wildman–Crippen MR) is 85.9 cm³/mol. The van der Waals surface area contributed by atoms with Crippen LogP contribution in [-0.4, -0.2) is 21.9 Å². The molecule has 1 aromatic carbocycles. The molecule has 1 heterocycles. The zero-order valence-corrected chi connectivity index (χ0v) is 14.0. The number of thioether (sulfide) groups is 2. The first-order valence-electron chi connectivity index (χ1n) is 5.36. The summed E-state index contributed by atoms with van der Waals surface area (Å²) in [6.45, 7) is 0. The first kappa shape index (κ1) is 15.9. The number of aromatic nitrogens is 2. The first-order chi connectivity index (χ1) is 9.54. The van der Waals surface area contributed by atoms with E-state index in [1.807, 2.05) is 6.07 Å². The van der Waals surface area contributed by atoms with E-state index in [9.17, 15) is 4.79 Å². The highest BCUT2D eigenvalue weighted by molar-refractivity contribution is 8.03. The predicted octanol–water partition coefficient (Wildman–Crippen LogP) is 3.71. The van der Waals surface area contributed by atoms with E-state index in [0.29, 0.717) is 15.8 Å². The summed E-state index contributed by atoms with van der Waals surface area (Å²) in [5.41, 5.74) is 6.07. The highest BCUT2D eigenvalue weighted by Gasteiger charge is 2.08. The number of nitrogens with two attached hydrogens (primary N) is 1. The zero-order valence-electron chi connectivity index (χ0n) is 10.0. The number of rotatable bonds is 6. The van der Waals surface area contributed by atoms with E-state index in [-0.39, 0.29) is 11.7 Å². The molecule has 1 amide bonds. The SMILES string of the molecule is NC(=O)CSc1nnc(SCc2ccc(Cl)cc2Cl)s1. The molecule has 0 unspecified atom stereocenters. The zero-order chi connectivity index (χ0) is 14.5. The molecule has 0 spiro atoms. The van der Waals surface area contributed by atoms with Crippen molar-refractivity contribution in [2.24, 2.45) is 5.73 Å². The fourth-order valence-corrected chi connectivity index (χ4v) is 4.54. The number of benzene rings is 1. The fourth-order valence-electron chi connectivity index (χ4n) is 1.22. The van der Waals surface area contributed by atoms with E-state index < -0.39 is 0 Å². The number of hydrogen-bond acceptors (Lipinski definition) is 6. The van der Waals surface area contributed by atoms with Crippen LogP contribution in [0.4, 0.5) is 0 Å². The second-order valence-electron chi connectivity index (χ2n) is 3.61. The number of amides is 1. The maximum absolute atomic E-state index is 10.7. The lowest BCUT2D eigenvalue weighted by molar-refractivity contribution is -0.115. The van der Waals surface area contributed by atoms with Crippen molar-refractivity contribution in [1.82, 2.24) is 10.2 Å². The molecule has 20 heavy (non-hydrogen) atoms. The van der Waals surface area contributed by atoms with Gasteiger partial charge in [0.15, 0.2) is 8.68 Å². The van der Waals surface area contributed by atoms with Gasteiger partial charge in [-0.2, -0.15) is 0 Å². The van der Waals surface area contributed by atoms with Gasteiger partial charge in [0.05, 0.1) is 5.75 Å². The maximum Gasteiger partial charge on any atom is 0.227 e. The molecule has 0 aliphatic rings. The Hall–Kier alpha value is -0.470. The third kappa shape index (κ3) is 4.82. The van der Waals surface area contributed by atoms with E-state index in [1.165, 1.54) is 34.9 Å². The van der Waals surface area contributed by atoms with Crippen LogP contribution in [0.2, 0.25) is 10.0 Å². The standard InChI is InChI=1S/C11H9Cl2N3OS3/c12-7-2-1-6(8(13)3-7)4-18-10-15-16-11(20-10)19-5-9(14)17/h1-3H,4-5H2,(H2,14,17). The number of hydrogen-bond donors (Lipinski definition) is 1. The number of nitrogens with zero attached hydrogens (tertiary/aromatic N) is 2. The molecule has 0 bridgehead atoms. The Bertz CT molecular complexity index is 621. The van der Waals surface area contributed by atoms with Gasteiger partial charge in [-0.05, 0) is 17.7 Å². The van der Waals surface area contributed by atoms with Crippen LogP contribution in [0.25, 0.3) is 0 Å². The first-order valence-corrected chi connectivity index (χ1v) is 8.90. The molecule has 106 valence electrons. The van der Waals surface area contributed by atoms with Gasteiger partial charge in [0, 0.05) is 15.8 Å². The third-order valence-electron chi connectivity index (χ3n) is 2.09. The molecule has 0 aliphatic heterocycles. The smallest absolute Gasteiger partial charge is 0.227 e. The molecule has 0 aliphatic carbocycles. The minimum Gasteiger partial charge on any atom is -0.369 e. The summed E-state index contributed by atoms with van der Waals surface area (Å²) in [7, 11) is 0. The molecule has 0 fully saturated rings. The molecule has 0 radical (unpaired) electrons. The van der Waals surface area contributed by atoms with Gasteiger partial charge in [-0.25, -0.2) is 0 Å². The Kier molecular flexibility index (Phi) is 5.98. The Morgan fingerprint density at radius 3 is 2.60 bits per heavy atom. The minimum absolute atomic E-state index is 0.211.